The summed E-state index contributed by atoms with van der Waals surface area (Å²) in [5.74, 6) is 0. The van der Waals surface area contributed by atoms with Gasteiger partial charge in [0, 0.05) is 28.0 Å². The molecule has 0 spiro atoms. The Morgan fingerprint density at radius 2 is 1.65 bits per heavy atom. The number of nitrogen functional groups attached to an aromatic ring is 1. The summed E-state index contributed by atoms with van der Waals surface area (Å²) in [6, 6.07) is 21.5. The van der Waals surface area contributed by atoms with Crippen molar-refractivity contribution in [1.29, 1.82) is 0 Å². The van der Waals surface area contributed by atoms with E-state index in [1.54, 1.807) is 6.20 Å². The molecule has 0 fully saturated rings. The zero-order chi connectivity index (χ0) is 15.6. The topological polar surface area (TPSA) is 63.6 Å². The van der Waals surface area contributed by atoms with Gasteiger partial charge in [0.15, 0.2) is 0 Å². The Balaban J connectivity index is 1.77. The lowest BCUT2D eigenvalue weighted by Crippen LogP contribution is -1.86. The molecule has 23 heavy (non-hydrogen) atoms. The van der Waals surface area contributed by atoms with Crippen molar-refractivity contribution >= 4 is 38.7 Å². The lowest BCUT2D eigenvalue weighted by molar-refractivity contribution is 1.24. The molecule has 2 N–H and O–H groups in total. The van der Waals surface area contributed by atoms with Gasteiger partial charge >= 0.3 is 0 Å². The zero-order valence-electron chi connectivity index (χ0n) is 12.3. The first-order chi connectivity index (χ1) is 11.3. The second-order valence-corrected chi connectivity index (χ2v) is 5.30. The molecule has 4 nitrogen and oxygen atoms in total. The lowest BCUT2D eigenvalue weighted by Gasteiger charge is -2.04. The number of nitrogens with zero attached hydrogens (tertiary/aromatic N) is 3. The van der Waals surface area contributed by atoms with Gasteiger partial charge in [-0.05, 0) is 36.4 Å². The Morgan fingerprint density at radius 1 is 0.783 bits per heavy atom. The second kappa shape index (κ2) is 5.50. The molecular weight excluding hydrogens is 284 g/mol. The number of hydrogen-bond donors (Lipinski definition) is 1. The molecule has 0 radical (unpaired) electrons. The third kappa shape index (κ3) is 2.51. The Bertz CT molecular complexity index is 1040. The third-order valence-corrected chi connectivity index (χ3v) is 3.79. The van der Waals surface area contributed by atoms with Crippen molar-refractivity contribution in [1.82, 2.24) is 4.98 Å². The largest absolute Gasteiger partial charge is 0.398 e. The first-order valence-corrected chi connectivity index (χ1v) is 7.35. The predicted octanol–water partition coefficient (Wildman–Crippen LogP) is 5.39. The highest BCUT2D eigenvalue weighted by atomic mass is 15.1. The highest BCUT2D eigenvalue weighted by Crippen LogP contribution is 2.31. The van der Waals surface area contributed by atoms with Crippen molar-refractivity contribution < 1.29 is 0 Å². The summed E-state index contributed by atoms with van der Waals surface area (Å²) in [6.07, 6.45) is 1.78. The van der Waals surface area contributed by atoms with Gasteiger partial charge in [0.25, 0.3) is 0 Å². The minimum absolute atomic E-state index is 0.747. The monoisotopic (exact) mass is 298 g/mol. The van der Waals surface area contributed by atoms with E-state index in [0.29, 0.717) is 0 Å². The molecule has 1 aromatic heterocycles. The zero-order valence-corrected chi connectivity index (χ0v) is 12.3. The molecule has 0 aliphatic carbocycles. The van der Waals surface area contributed by atoms with E-state index >= 15 is 0 Å². The Morgan fingerprint density at radius 3 is 2.57 bits per heavy atom. The van der Waals surface area contributed by atoms with Crippen LogP contribution in [0.15, 0.2) is 83.2 Å². The van der Waals surface area contributed by atoms with Crippen LogP contribution in [0.4, 0.5) is 17.1 Å². The fraction of sp³-hybridized carbons (Fsp3) is 0. The number of pyridine rings is 1. The number of anilines is 1. The van der Waals surface area contributed by atoms with E-state index in [4.69, 9.17) is 5.73 Å². The Labute approximate surface area is 133 Å². The van der Waals surface area contributed by atoms with Crippen LogP contribution in [-0.2, 0) is 0 Å². The van der Waals surface area contributed by atoms with Crippen LogP contribution >= 0.6 is 0 Å². The lowest BCUT2D eigenvalue weighted by atomic mass is 10.1. The van der Waals surface area contributed by atoms with Gasteiger partial charge in [0.2, 0.25) is 0 Å². The SMILES string of the molecule is Nc1ccc(N=Nc2ccc3ncccc3c2)c2ccccc12. The first-order valence-electron chi connectivity index (χ1n) is 7.35. The molecule has 1 heterocycles. The maximum absolute atomic E-state index is 6.02. The Kier molecular flexibility index (Phi) is 3.20. The second-order valence-electron chi connectivity index (χ2n) is 5.30. The summed E-state index contributed by atoms with van der Waals surface area (Å²) in [6.45, 7) is 0. The minimum Gasteiger partial charge on any atom is -0.398 e. The maximum atomic E-state index is 6.02. The molecule has 110 valence electrons. The van der Waals surface area contributed by atoms with Crippen LogP contribution < -0.4 is 5.73 Å². The van der Waals surface area contributed by atoms with Gasteiger partial charge in [0.05, 0.1) is 16.9 Å². The van der Waals surface area contributed by atoms with Gasteiger partial charge in [-0.1, -0.05) is 30.3 Å². The summed E-state index contributed by atoms with van der Waals surface area (Å²) in [5, 5.41) is 11.8. The van der Waals surface area contributed by atoms with Gasteiger partial charge in [-0.2, -0.15) is 5.11 Å². The fourth-order valence-electron chi connectivity index (χ4n) is 2.63. The van der Waals surface area contributed by atoms with Crippen molar-refractivity contribution in [3.63, 3.8) is 0 Å². The molecule has 4 aromatic rings. The third-order valence-electron chi connectivity index (χ3n) is 3.79. The molecule has 3 aromatic carbocycles. The summed E-state index contributed by atoms with van der Waals surface area (Å²) in [7, 11) is 0. The highest BCUT2D eigenvalue weighted by molar-refractivity contribution is 6.00. The molecule has 0 amide bonds. The number of benzene rings is 3. The smallest absolute Gasteiger partial charge is 0.0936 e. The number of fused-ring (bicyclic) bond motifs is 2. The van der Waals surface area contributed by atoms with Gasteiger partial charge in [-0.25, -0.2) is 0 Å². The van der Waals surface area contributed by atoms with E-state index < -0.39 is 0 Å². The van der Waals surface area contributed by atoms with Crippen molar-refractivity contribution in [3.05, 3.63) is 72.9 Å². The first kappa shape index (κ1) is 13.4. The van der Waals surface area contributed by atoms with Crippen LogP contribution in [-0.4, -0.2) is 4.98 Å². The number of rotatable bonds is 2. The molecule has 0 saturated heterocycles. The summed E-state index contributed by atoms with van der Waals surface area (Å²) in [4.78, 5) is 4.31. The standard InChI is InChI=1S/C19H14N4/c20-17-8-10-19(16-6-2-1-5-15(16)17)23-22-14-7-9-18-13(12-14)4-3-11-21-18/h1-12H,20H2. The molecule has 4 heteroatoms. The molecule has 4 rings (SSSR count). The highest BCUT2D eigenvalue weighted by Gasteiger charge is 2.03. The number of azo groups is 1. The van der Waals surface area contributed by atoms with Crippen LogP contribution in [0.1, 0.15) is 0 Å². The minimum atomic E-state index is 0.747. The van der Waals surface area contributed by atoms with E-state index in [1.165, 1.54) is 0 Å². The number of aromatic nitrogens is 1. The molecular formula is C19H14N4. The van der Waals surface area contributed by atoms with Gasteiger partial charge in [-0.15, -0.1) is 5.11 Å². The summed E-state index contributed by atoms with van der Waals surface area (Å²) < 4.78 is 0. The summed E-state index contributed by atoms with van der Waals surface area (Å²) in [5.41, 5.74) is 9.31. The molecule has 0 aliphatic heterocycles. The van der Waals surface area contributed by atoms with E-state index in [9.17, 15) is 0 Å². The quantitative estimate of drug-likeness (QED) is 0.398. The maximum Gasteiger partial charge on any atom is 0.0936 e. The number of hydrogen-bond acceptors (Lipinski definition) is 4. The van der Waals surface area contributed by atoms with E-state index in [0.717, 1.165) is 38.7 Å². The van der Waals surface area contributed by atoms with Crippen LogP contribution in [0, 0.1) is 0 Å². The van der Waals surface area contributed by atoms with Gasteiger partial charge in [-0.3, -0.25) is 4.98 Å². The summed E-state index contributed by atoms with van der Waals surface area (Å²) >= 11 is 0. The van der Waals surface area contributed by atoms with Crippen LogP contribution in [0.25, 0.3) is 21.7 Å². The normalized spacial score (nSPS) is 11.5. The van der Waals surface area contributed by atoms with Crippen LogP contribution in [0.3, 0.4) is 0 Å². The van der Waals surface area contributed by atoms with Gasteiger partial charge in [0.1, 0.15) is 0 Å². The Hall–Kier alpha value is -3.27. The van der Waals surface area contributed by atoms with Gasteiger partial charge < -0.3 is 5.73 Å². The number of nitrogens with two attached hydrogens (primary N) is 1. The average Bonchev–Trinajstić information content (AvgIpc) is 2.61. The van der Waals surface area contributed by atoms with Crippen molar-refractivity contribution in [3.8, 4) is 0 Å². The van der Waals surface area contributed by atoms with E-state index in [2.05, 4.69) is 15.2 Å². The molecule has 0 unspecified atom stereocenters. The fourth-order valence-corrected chi connectivity index (χ4v) is 2.63. The molecule has 0 saturated carbocycles. The van der Waals surface area contributed by atoms with Crippen molar-refractivity contribution in [2.75, 3.05) is 5.73 Å². The predicted molar refractivity (Wildman–Crippen MR) is 94.3 cm³/mol. The molecule has 0 bridgehead atoms. The molecule has 0 aliphatic rings. The van der Waals surface area contributed by atoms with Crippen LogP contribution in [0.5, 0.6) is 0 Å². The average molecular weight is 298 g/mol. The van der Waals surface area contributed by atoms with Crippen molar-refractivity contribution in [2.24, 2.45) is 10.2 Å². The van der Waals surface area contributed by atoms with Crippen LogP contribution in [0.2, 0.25) is 0 Å². The molecule has 0 atom stereocenters. The van der Waals surface area contributed by atoms with E-state index in [1.807, 2.05) is 66.7 Å². The van der Waals surface area contributed by atoms with E-state index in [-0.39, 0.29) is 0 Å². The van der Waals surface area contributed by atoms with Crippen molar-refractivity contribution in [2.45, 2.75) is 0 Å².